The summed E-state index contributed by atoms with van der Waals surface area (Å²) in [6.45, 7) is 5.71. The summed E-state index contributed by atoms with van der Waals surface area (Å²) < 4.78 is 17.1. The third kappa shape index (κ3) is 4.41. The molecule has 1 saturated heterocycles. The maximum absolute atomic E-state index is 13.1. The number of urea groups is 1. The lowest BCUT2D eigenvalue weighted by molar-refractivity contribution is 0.0877. The van der Waals surface area contributed by atoms with Gasteiger partial charge in [0.15, 0.2) is 0 Å². The van der Waals surface area contributed by atoms with Gasteiger partial charge in [0.1, 0.15) is 5.75 Å². The highest BCUT2D eigenvalue weighted by atomic mass is 16.5. The summed E-state index contributed by atoms with van der Waals surface area (Å²) in [6.07, 6.45) is 1.98. The average molecular weight is 461 g/mol. The van der Waals surface area contributed by atoms with Gasteiger partial charge >= 0.3 is 6.03 Å². The van der Waals surface area contributed by atoms with Gasteiger partial charge in [-0.05, 0) is 56.5 Å². The summed E-state index contributed by atoms with van der Waals surface area (Å²) in [6, 6.07) is 16.8. The van der Waals surface area contributed by atoms with Crippen molar-refractivity contribution in [3.8, 4) is 17.1 Å². The van der Waals surface area contributed by atoms with Gasteiger partial charge in [0.25, 0.3) is 5.89 Å². The third-order valence-corrected chi connectivity index (χ3v) is 6.22. The molecule has 0 radical (unpaired) electrons. The van der Waals surface area contributed by atoms with Crippen LogP contribution in [0.25, 0.3) is 17.0 Å². The molecule has 2 unspecified atom stereocenters. The van der Waals surface area contributed by atoms with Gasteiger partial charge in [0.2, 0.25) is 5.82 Å². The second-order valence-electron chi connectivity index (χ2n) is 8.42. The Bertz CT molecular complexity index is 1170. The van der Waals surface area contributed by atoms with E-state index < -0.39 is 6.04 Å². The van der Waals surface area contributed by atoms with Gasteiger partial charge in [0, 0.05) is 17.9 Å². The summed E-state index contributed by atoms with van der Waals surface area (Å²) in [5, 5.41) is 7.37. The fourth-order valence-electron chi connectivity index (χ4n) is 4.48. The summed E-state index contributed by atoms with van der Waals surface area (Å²) in [5.41, 5.74) is 3.34. The van der Waals surface area contributed by atoms with Crippen LogP contribution < -0.4 is 10.1 Å². The second-order valence-corrected chi connectivity index (χ2v) is 8.42. The molecule has 176 valence electrons. The lowest BCUT2D eigenvalue weighted by Crippen LogP contribution is -2.48. The Balaban J connectivity index is 1.52. The topological polar surface area (TPSA) is 89.7 Å². The van der Waals surface area contributed by atoms with E-state index in [0.29, 0.717) is 24.9 Å². The number of carbonyl (C=O) groups excluding carboxylic acids is 1. The molecule has 8 heteroatoms. The van der Waals surface area contributed by atoms with Gasteiger partial charge in [-0.3, -0.25) is 4.90 Å². The van der Waals surface area contributed by atoms with Crippen molar-refractivity contribution in [2.45, 2.75) is 38.8 Å². The van der Waals surface area contributed by atoms with Gasteiger partial charge in [-0.15, -0.1) is 0 Å². The predicted molar refractivity (Wildman–Crippen MR) is 127 cm³/mol. The molecule has 1 N–H and O–H groups in total. The maximum atomic E-state index is 13.1. The minimum absolute atomic E-state index is 0.0253. The molecule has 2 aliphatic heterocycles. The molecule has 3 heterocycles. The molecule has 2 aromatic carbocycles. The number of hydrogen-bond donors (Lipinski definition) is 1. The normalized spacial score (nSPS) is 20.5. The van der Waals surface area contributed by atoms with Crippen LogP contribution in [-0.2, 0) is 4.74 Å². The smallest absolute Gasteiger partial charge is 0.322 e. The number of ether oxygens (including phenoxy) is 2. The standard InChI is InChI=1S/C26H28N4O4/c1-3-32-20-13-11-19(12-14-20)24-28-25(34-29-24)22-17(2)30(16-21-10-7-15-33-21)26(31)27-23(22)18-8-5-4-6-9-18/h4-6,8-9,11-14,21,23H,3,7,10,15-16H2,1-2H3,(H,27,31). The number of aromatic nitrogens is 2. The van der Waals surface area contributed by atoms with E-state index in [0.717, 1.165) is 47.6 Å². The van der Waals surface area contributed by atoms with Crippen LogP contribution in [0.1, 0.15) is 44.2 Å². The van der Waals surface area contributed by atoms with E-state index in [4.69, 9.17) is 19.0 Å². The van der Waals surface area contributed by atoms with Crippen molar-refractivity contribution in [3.63, 3.8) is 0 Å². The SMILES string of the molecule is CCOc1ccc(-c2noc(C3=C(C)N(CC4CCCO4)C(=O)NC3c3ccccc3)n2)cc1. The van der Waals surface area contributed by atoms with Gasteiger partial charge < -0.3 is 19.3 Å². The van der Waals surface area contributed by atoms with E-state index in [-0.39, 0.29) is 12.1 Å². The minimum atomic E-state index is -0.400. The Morgan fingerprint density at radius 2 is 1.94 bits per heavy atom. The van der Waals surface area contributed by atoms with Crippen molar-refractivity contribution >= 4 is 11.6 Å². The van der Waals surface area contributed by atoms with Gasteiger partial charge in [-0.1, -0.05) is 35.5 Å². The molecule has 2 atom stereocenters. The van der Waals surface area contributed by atoms with Crippen LogP contribution in [0.2, 0.25) is 0 Å². The molecular weight excluding hydrogens is 432 g/mol. The highest BCUT2D eigenvalue weighted by Crippen LogP contribution is 2.37. The number of carbonyl (C=O) groups is 1. The molecule has 0 aliphatic carbocycles. The van der Waals surface area contributed by atoms with Crippen LogP contribution in [0, 0.1) is 0 Å². The second kappa shape index (κ2) is 9.69. The predicted octanol–water partition coefficient (Wildman–Crippen LogP) is 4.81. The number of nitrogens with zero attached hydrogens (tertiary/aromatic N) is 3. The zero-order valence-electron chi connectivity index (χ0n) is 19.4. The van der Waals surface area contributed by atoms with E-state index in [1.54, 1.807) is 4.90 Å². The molecule has 0 bridgehead atoms. The van der Waals surface area contributed by atoms with Crippen molar-refractivity contribution < 1.29 is 18.8 Å². The van der Waals surface area contributed by atoms with Gasteiger partial charge in [-0.2, -0.15) is 4.98 Å². The molecular formula is C26H28N4O4. The summed E-state index contributed by atoms with van der Waals surface area (Å²) in [7, 11) is 0. The van der Waals surface area contributed by atoms with Crippen molar-refractivity contribution in [2.75, 3.05) is 19.8 Å². The number of nitrogens with one attached hydrogen (secondary N) is 1. The fourth-order valence-corrected chi connectivity index (χ4v) is 4.48. The highest BCUT2D eigenvalue weighted by Gasteiger charge is 2.37. The van der Waals surface area contributed by atoms with Crippen LogP contribution in [0.15, 0.2) is 64.8 Å². The average Bonchev–Trinajstić information content (AvgIpc) is 3.55. The maximum Gasteiger partial charge on any atom is 0.322 e. The van der Waals surface area contributed by atoms with E-state index in [9.17, 15) is 4.79 Å². The van der Waals surface area contributed by atoms with Crippen molar-refractivity contribution in [2.24, 2.45) is 0 Å². The Labute approximate surface area is 198 Å². The Kier molecular flexibility index (Phi) is 6.31. The fraction of sp³-hybridized carbons (Fsp3) is 0.346. The first-order valence-electron chi connectivity index (χ1n) is 11.7. The molecule has 1 aromatic heterocycles. The number of allylic oxidation sites excluding steroid dienone is 1. The first kappa shape index (κ1) is 22.2. The molecule has 2 amide bonds. The zero-order chi connectivity index (χ0) is 23.5. The molecule has 5 rings (SSSR count). The molecule has 34 heavy (non-hydrogen) atoms. The largest absolute Gasteiger partial charge is 0.494 e. The first-order chi connectivity index (χ1) is 16.6. The van der Waals surface area contributed by atoms with Crippen LogP contribution in [0.4, 0.5) is 4.79 Å². The van der Waals surface area contributed by atoms with E-state index in [1.807, 2.05) is 68.4 Å². The number of benzene rings is 2. The Hall–Kier alpha value is -3.65. The van der Waals surface area contributed by atoms with Crippen LogP contribution >= 0.6 is 0 Å². The minimum Gasteiger partial charge on any atom is -0.494 e. The van der Waals surface area contributed by atoms with Gasteiger partial charge in [0.05, 0.1) is 30.9 Å². The van der Waals surface area contributed by atoms with E-state index in [1.165, 1.54) is 0 Å². The zero-order valence-corrected chi connectivity index (χ0v) is 19.4. The number of rotatable bonds is 7. The molecule has 3 aromatic rings. The summed E-state index contributed by atoms with van der Waals surface area (Å²) in [4.78, 5) is 19.6. The Morgan fingerprint density at radius 3 is 2.65 bits per heavy atom. The third-order valence-electron chi connectivity index (χ3n) is 6.22. The Morgan fingerprint density at radius 1 is 1.15 bits per heavy atom. The summed E-state index contributed by atoms with van der Waals surface area (Å²) in [5.74, 6) is 1.65. The summed E-state index contributed by atoms with van der Waals surface area (Å²) >= 11 is 0. The monoisotopic (exact) mass is 460 g/mol. The van der Waals surface area contributed by atoms with Crippen LogP contribution in [0.3, 0.4) is 0 Å². The molecule has 0 saturated carbocycles. The van der Waals surface area contributed by atoms with E-state index in [2.05, 4.69) is 10.5 Å². The molecule has 0 spiro atoms. The molecule has 8 nitrogen and oxygen atoms in total. The van der Waals surface area contributed by atoms with Crippen LogP contribution in [0.5, 0.6) is 5.75 Å². The molecule has 1 fully saturated rings. The lowest BCUT2D eigenvalue weighted by atomic mass is 9.94. The number of amides is 2. The number of hydrogen-bond acceptors (Lipinski definition) is 6. The highest BCUT2D eigenvalue weighted by molar-refractivity contribution is 5.86. The van der Waals surface area contributed by atoms with Crippen LogP contribution in [-0.4, -0.2) is 46.9 Å². The van der Waals surface area contributed by atoms with Crippen molar-refractivity contribution in [1.29, 1.82) is 0 Å². The quantitative estimate of drug-likeness (QED) is 0.544. The first-order valence-corrected chi connectivity index (χ1v) is 11.7. The molecule has 2 aliphatic rings. The van der Waals surface area contributed by atoms with Gasteiger partial charge in [-0.25, -0.2) is 4.79 Å². The van der Waals surface area contributed by atoms with Crippen molar-refractivity contribution in [1.82, 2.24) is 20.4 Å². The lowest BCUT2D eigenvalue weighted by Gasteiger charge is -2.36. The van der Waals surface area contributed by atoms with Crippen molar-refractivity contribution in [3.05, 3.63) is 71.7 Å². The van der Waals surface area contributed by atoms with E-state index >= 15 is 0 Å².